The van der Waals surface area contributed by atoms with Crippen molar-refractivity contribution in [2.24, 2.45) is 5.92 Å². The van der Waals surface area contributed by atoms with Crippen molar-refractivity contribution in [3.05, 3.63) is 75.9 Å². The second-order valence-electron chi connectivity index (χ2n) is 12.6. The minimum Gasteiger partial charge on any atom is -0.336 e. The van der Waals surface area contributed by atoms with E-state index in [9.17, 15) is 19.2 Å². The van der Waals surface area contributed by atoms with Crippen molar-refractivity contribution in [1.29, 1.82) is 5.26 Å². The van der Waals surface area contributed by atoms with E-state index in [1.165, 1.54) is 6.07 Å². The molecule has 0 spiro atoms. The number of aromatic amines is 1. The number of hydrogen-bond acceptors (Lipinski definition) is 8. The largest absolute Gasteiger partial charge is 0.336 e. The lowest BCUT2D eigenvalue weighted by Gasteiger charge is -2.35. The third kappa shape index (κ3) is 4.94. The number of piperidine rings is 1. The topological polar surface area (TPSA) is 134 Å². The number of carbonyl (C=O) groups excluding carboxylic acids is 2. The molecule has 4 aliphatic rings. The molecule has 2 saturated heterocycles. The van der Waals surface area contributed by atoms with Gasteiger partial charge in [-0.05, 0) is 98.1 Å². The van der Waals surface area contributed by atoms with Gasteiger partial charge in [0.05, 0.1) is 18.0 Å². The highest BCUT2D eigenvalue weighted by Gasteiger charge is 2.54. The number of likely N-dealkylation sites (tertiary alicyclic amines) is 1. The van der Waals surface area contributed by atoms with Crippen LogP contribution in [0.4, 0.5) is 4.39 Å². The van der Waals surface area contributed by atoms with Crippen molar-refractivity contribution >= 4 is 11.8 Å². The van der Waals surface area contributed by atoms with E-state index in [0.717, 1.165) is 48.2 Å². The van der Waals surface area contributed by atoms with Crippen LogP contribution in [0.3, 0.4) is 0 Å². The van der Waals surface area contributed by atoms with Crippen LogP contribution in [0.5, 0.6) is 0 Å². The maximum atomic E-state index is 14.6. The van der Waals surface area contributed by atoms with Crippen LogP contribution in [0, 0.1) is 23.1 Å². The first-order valence-corrected chi connectivity index (χ1v) is 15.4. The van der Waals surface area contributed by atoms with Crippen LogP contribution in [0.1, 0.15) is 57.7 Å². The van der Waals surface area contributed by atoms with E-state index in [2.05, 4.69) is 44.0 Å². The minimum atomic E-state index is -0.905. The Morgan fingerprint density at radius 3 is 2.57 bits per heavy atom. The smallest absolute Gasteiger partial charge is 0.253 e. The lowest BCUT2D eigenvalue weighted by molar-refractivity contribution is -0.131. The molecule has 44 heavy (non-hydrogen) atoms. The van der Waals surface area contributed by atoms with E-state index >= 15 is 0 Å². The summed E-state index contributed by atoms with van der Waals surface area (Å²) in [6, 6.07) is 12.8. The molecule has 0 bridgehead atoms. The quantitative estimate of drug-likeness (QED) is 0.393. The predicted molar refractivity (Wildman–Crippen MR) is 158 cm³/mol. The number of carbonyl (C=O) groups is 2. The SMILES string of the molecule is CN1CCN(C(=O)c2ccc3c(c2)CCc2cc(F)ccc2C3(CCNCC(=O)N2C(C#N)C[C@@H]3C[C@@H]32)c2nn[nH]n2)CC1. The van der Waals surface area contributed by atoms with E-state index in [1.54, 1.807) is 17.0 Å². The molecule has 2 amide bonds. The van der Waals surface area contributed by atoms with Crippen LogP contribution in [0.2, 0.25) is 0 Å². The zero-order chi connectivity index (χ0) is 30.4. The number of halogens is 1. The highest BCUT2D eigenvalue weighted by molar-refractivity contribution is 5.94. The number of benzene rings is 2. The average Bonchev–Trinajstić information content (AvgIpc) is 3.42. The molecule has 11 nitrogen and oxygen atoms in total. The fourth-order valence-corrected chi connectivity index (χ4v) is 7.60. The number of rotatable bonds is 7. The van der Waals surface area contributed by atoms with Gasteiger partial charge in [0.2, 0.25) is 5.91 Å². The van der Waals surface area contributed by atoms with Crippen molar-refractivity contribution in [2.75, 3.05) is 46.3 Å². The second-order valence-corrected chi connectivity index (χ2v) is 12.6. The number of piperazine rings is 1. The molecular weight excluding hydrogens is 561 g/mol. The van der Waals surface area contributed by atoms with Gasteiger partial charge in [0.1, 0.15) is 11.9 Å². The molecule has 1 aromatic heterocycles. The molecule has 228 valence electrons. The number of nitriles is 1. The molecule has 12 heteroatoms. The van der Waals surface area contributed by atoms with Crippen molar-refractivity contribution < 1.29 is 14.0 Å². The van der Waals surface area contributed by atoms with Gasteiger partial charge >= 0.3 is 0 Å². The van der Waals surface area contributed by atoms with Gasteiger partial charge in [-0.1, -0.05) is 17.3 Å². The van der Waals surface area contributed by atoms with E-state index < -0.39 is 5.41 Å². The molecule has 2 N–H and O–H groups in total. The maximum absolute atomic E-state index is 14.6. The van der Waals surface area contributed by atoms with E-state index in [4.69, 9.17) is 0 Å². The minimum absolute atomic E-state index is 0.00883. The van der Waals surface area contributed by atoms with E-state index in [0.29, 0.717) is 56.2 Å². The highest BCUT2D eigenvalue weighted by Crippen LogP contribution is 2.48. The summed E-state index contributed by atoms with van der Waals surface area (Å²) in [4.78, 5) is 32.6. The summed E-state index contributed by atoms with van der Waals surface area (Å²) in [5.74, 6) is 0.533. The maximum Gasteiger partial charge on any atom is 0.253 e. The third-order valence-electron chi connectivity index (χ3n) is 10.0. The van der Waals surface area contributed by atoms with Gasteiger partial charge in [0, 0.05) is 37.8 Å². The summed E-state index contributed by atoms with van der Waals surface area (Å²) in [5.41, 5.74) is 3.39. The normalized spacial score (nSPS) is 25.9. The molecule has 1 saturated carbocycles. The first-order valence-electron chi connectivity index (χ1n) is 15.4. The number of hydrogen-bond donors (Lipinski definition) is 2. The van der Waals surface area contributed by atoms with Crippen molar-refractivity contribution in [3.8, 4) is 6.07 Å². The van der Waals surface area contributed by atoms with Gasteiger partial charge < -0.3 is 20.0 Å². The van der Waals surface area contributed by atoms with Crippen molar-refractivity contribution in [1.82, 2.24) is 40.6 Å². The number of aryl methyl sites for hydroxylation is 2. The molecule has 0 radical (unpaired) electrons. The Labute approximate surface area is 255 Å². The zero-order valence-electron chi connectivity index (χ0n) is 24.8. The number of fused-ring (bicyclic) bond motifs is 3. The number of nitrogens with zero attached hydrogens (tertiary/aromatic N) is 7. The third-order valence-corrected chi connectivity index (χ3v) is 10.0. The summed E-state index contributed by atoms with van der Waals surface area (Å²) in [6.45, 7) is 3.59. The van der Waals surface area contributed by atoms with Crippen LogP contribution in [0.25, 0.3) is 0 Å². The first kappa shape index (κ1) is 28.6. The Morgan fingerprint density at radius 1 is 1.09 bits per heavy atom. The summed E-state index contributed by atoms with van der Waals surface area (Å²) in [7, 11) is 2.06. The van der Waals surface area contributed by atoms with Gasteiger partial charge in [-0.3, -0.25) is 9.59 Å². The summed E-state index contributed by atoms with van der Waals surface area (Å²) in [6.07, 6.45) is 3.41. The molecule has 3 fully saturated rings. The zero-order valence-corrected chi connectivity index (χ0v) is 24.8. The van der Waals surface area contributed by atoms with Gasteiger partial charge in [0.15, 0.2) is 5.82 Å². The molecule has 2 aromatic carbocycles. The van der Waals surface area contributed by atoms with Crippen LogP contribution in [0.15, 0.2) is 36.4 Å². The molecule has 2 aliphatic carbocycles. The number of likely N-dealkylation sites (N-methyl/N-ethyl adjacent to an activating group) is 1. The number of aromatic nitrogens is 4. The molecule has 3 aromatic rings. The van der Waals surface area contributed by atoms with Crippen molar-refractivity contribution in [3.63, 3.8) is 0 Å². The lowest BCUT2D eigenvalue weighted by Crippen LogP contribution is -2.47. The summed E-state index contributed by atoms with van der Waals surface area (Å²) in [5, 5.41) is 28.3. The Morgan fingerprint density at radius 2 is 1.84 bits per heavy atom. The number of amides is 2. The molecule has 4 atom stereocenters. The number of H-pyrrole nitrogens is 1. The molecule has 3 heterocycles. The van der Waals surface area contributed by atoms with Crippen molar-refractivity contribution in [2.45, 2.75) is 49.6 Å². The highest BCUT2D eigenvalue weighted by atomic mass is 19.1. The van der Waals surface area contributed by atoms with Gasteiger partial charge in [-0.2, -0.15) is 10.5 Å². The van der Waals surface area contributed by atoms with Crippen LogP contribution in [-0.2, 0) is 23.1 Å². The molecular formula is C32H36FN9O2. The Bertz CT molecular complexity index is 1610. The monoisotopic (exact) mass is 597 g/mol. The molecule has 2 aliphatic heterocycles. The van der Waals surface area contributed by atoms with Gasteiger partial charge in [-0.15, -0.1) is 10.2 Å². The fraction of sp³-hybridized carbons (Fsp3) is 0.500. The van der Waals surface area contributed by atoms with Crippen LogP contribution < -0.4 is 5.32 Å². The number of nitrogens with one attached hydrogen (secondary N) is 2. The summed E-state index contributed by atoms with van der Waals surface area (Å²) >= 11 is 0. The first-order chi connectivity index (χ1) is 21.4. The van der Waals surface area contributed by atoms with Crippen LogP contribution in [-0.4, -0.2) is 106 Å². The standard InChI is InChI=1S/C32H36FN9O2/c1-40-10-12-41(13-11-40)30(44)22-4-6-26-20(14-22)2-3-21-15-24(33)5-7-27(21)32(26,31-36-38-39-37-31)8-9-35-19-29(43)42-25(18-34)16-23-17-28(23)42/h4-7,14-15,23,25,28,35H,2-3,8-13,16-17,19H2,1H3,(H,36,37,38,39)/t23-,25?,28+,32?/m1/s1. The lowest BCUT2D eigenvalue weighted by atomic mass is 9.69. The number of tetrazole rings is 1. The Hall–Kier alpha value is -4.21. The van der Waals surface area contributed by atoms with E-state index in [-0.39, 0.29) is 36.3 Å². The average molecular weight is 598 g/mol. The van der Waals surface area contributed by atoms with Gasteiger partial charge in [0.25, 0.3) is 5.91 Å². The Kier molecular flexibility index (Phi) is 7.38. The fourth-order valence-electron chi connectivity index (χ4n) is 7.60. The summed E-state index contributed by atoms with van der Waals surface area (Å²) < 4.78 is 14.6. The molecule has 7 rings (SSSR count). The van der Waals surface area contributed by atoms with Gasteiger partial charge in [-0.25, -0.2) is 4.39 Å². The van der Waals surface area contributed by atoms with Crippen LogP contribution >= 0.6 is 0 Å². The van der Waals surface area contributed by atoms with E-state index in [1.807, 2.05) is 23.1 Å². The molecule has 2 unspecified atom stereocenters. The Balaban J connectivity index is 1.21. The second kappa shape index (κ2) is 11.4. The predicted octanol–water partition coefficient (Wildman–Crippen LogP) is 1.65.